The Morgan fingerprint density at radius 3 is 2.22 bits per heavy atom. The molecule has 0 heterocycles. The van der Waals surface area contributed by atoms with Gasteiger partial charge in [0.1, 0.15) is 0 Å². The standard InChI is InChI=1S/C16H26N2O4S/c1-16(2,3)13-6-8-14(9-7-13)17-15(19)12-18(10-11-22-4)23(5,20)21/h6-9H,10-12H2,1-5H3,(H,17,19). The molecule has 1 N–H and O–H groups in total. The first-order valence-corrected chi connectivity index (χ1v) is 9.23. The first-order chi connectivity index (χ1) is 10.5. The molecule has 1 amide bonds. The van der Waals surface area contributed by atoms with Gasteiger partial charge in [-0.25, -0.2) is 8.42 Å². The second-order valence-electron chi connectivity index (χ2n) is 6.46. The highest BCUT2D eigenvalue weighted by Gasteiger charge is 2.20. The lowest BCUT2D eigenvalue weighted by Gasteiger charge is -2.20. The summed E-state index contributed by atoms with van der Waals surface area (Å²) in [6.07, 6.45) is 1.08. The van der Waals surface area contributed by atoms with Crippen molar-refractivity contribution < 1.29 is 17.9 Å². The summed E-state index contributed by atoms with van der Waals surface area (Å²) in [6, 6.07) is 7.54. The van der Waals surface area contributed by atoms with Crippen LogP contribution in [0, 0.1) is 0 Å². The number of ether oxygens (including phenoxy) is 1. The monoisotopic (exact) mass is 342 g/mol. The molecule has 130 valence electrons. The summed E-state index contributed by atoms with van der Waals surface area (Å²) >= 11 is 0. The molecule has 1 aromatic rings. The zero-order chi connectivity index (χ0) is 17.7. The third-order valence-electron chi connectivity index (χ3n) is 3.37. The van der Waals surface area contributed by atoms with Crippen molar-refractivity contribution in [2.45, 2.75) is 26.2 Å². The van der Waals surface area contributed by atoms with Gasteiger partial charge in [0.05, 0.1) is 19.4 Å². The fourth-order valence-corrected chi connectivity index (χ4v) is 2.73. The van der Waals surface area contributed by atoms with Crippen LogP contribution in [0.15, 0.2) is 24.3 Å². The third kappa shape index (κ3) is 6.68. The number of hydrogen-bond acceptors (Lipinski definition) is 4. The number of methoxy groups -OCH3 is 1. The van der Waals surface area contributed by atoms with Crippen molar-refractivity contribution in [1.29, 1.82) is 0 Å². The van der Waals surface area contributed by atoms with Crippen molar-refractivity contribution in [3.05, 3.63) is 29.8 Å². The van der Waals surface area contributed by atoms with Crippen LogP contribution in [0.5, 0.6) is 0 Å². The van der Waals surface area contributed by atoms with Gasteiger partial charge in [-0.2, -0.15) is 4.31 Å². The molecule has 7 heteroatoms. The molecule has 0 aromatic heterocycles. The molecule has 0 aliphatic carbocycles. The zero-order valence-electron chi connectivity index (χ0n) is 14.4. The molecule has 0 aliphatic heterocycles. The average molecular weight is 342 g/mol. The molecular formula is C16H26N2O4S. The van der Waals surface area contributed by atoms with E-state index in [-0.39, 0.29) is 31.0 Å². The highest BCUT2D eigenvalue weighted by atomic mass is 32.2. The number of rotatable bonds is 7. The van der Waals surface area contributed by atoms with Crippen LogP contribution < -0.4 is 5.32 Å². The molecule has 0 fully saturated rings. The van der Waals surface area contributed by atoms with E-state index in [1.807, 2.05) is 24.3 Å². The van der Waals surface area contributed by atoms with Crippen molar-refractivity contribution in [2.75, 3.05) is 38.4 Å². The van der Waals surface area contributed by atoms with Gasteiger partial charge in [0.25, 0.3) is 0 Å². The van der Waals surface area contributed by atoms with Gasteiger partial charge in [-0.15, -0.1) is 0 Å². The summed E-state index contributed by atoms with van der Waals surface area (Å²) in [7, 11) is -1.97. The molecular weight excluding hydrogens is 316 g/mol. The van der Waals surface area contributed by atoms with Crippen molar-refractivity contribution in [3.8, 4) is 0 Å². The summed E-state index contributed by atoms with van der Waals surface area (Å²) < 4.78 is 29.3. The van der Waals surface area contributed by atoms with E-state index >= 15 is 0 Å². The average Bonchev–Trinajstić information content (AvgIpc) is 2.41. The smallest absolute Gasteiger partial charge is 0.239 e. The topological polar surface area (TPSA) is 75.7 Å². The molecule has 0 saturated heterocycles. The summed E-state index contributed by atoms with van der Waals surface area (Å²) in [5.74, 6) is -0.380. The van der Waals surface area contributed by atoms with E-state index in [1.54, 1.807) is 0 Å². The number of anilines is 1. The predicted molar refractivity (Wildman–Crippen MR) is 92.1 cm³/mol. The number of carbonyl (C=O) groups is 1. The summed E-state index contributed by atoms with van der Waals surface area (Å²) in [6.45, 7) is 6.48. The van der Waals surface area contributed by atoms with E-state index in [2.05, 4.69) is 26.1 Å². The van der Waals surface area contributed by atoms with Crippen LogP contribution >= 0.6 is 0 Å². The van der Waals surface area contributed by atoms with Gasteiger partial charge >= 0.3 is 0 Å². The zero-order valence-corrected chi connectivity index (χ0v) is 15.2. The maximum Gasteiger partial charge on any atom is 0.239 e. The van der Waals surface area contributed by atoms with Crippen LogP contribution in [0.4, 0.5) is 5.69 Å². The number of hydrogen-bond donors (Lipinski definition) is 1. The minimum atomic E-state index is -3.46. The Morgan fingerprint density at radius 1 is 1.22 bits per heavy atom. The maximum absolute atomic E-state index is 12.1. The number of sulfonamides is 1. The normalized spacial score (nSPS) is 12.4. The van der Waals surface area contributed by atoms with E-state index in [9.17, 15) is 13.2 Å². The Bertz CT molecular complexity index is 618. The molecule has 0 radical (unpaired) electrons. The van der Waals surface area contributed by atoms with E-state index in [0.717, 1.165) is 16.1 Å². The number of amides is 1. The van der Waals surface area contributed by atoms with E-state index in [4.69, 9.17) is 4.74 Å². The summed E-state index contributed by atoms with van der Waals surface area (Å²) in [5.41, 5.74) is 1.84. The predicted octanol–water partition coefficient (Wildman–Crippen LogP) is 1.83. The first-order valence-electron chi connectivity index (χ1n) is 7.38. The number of nitrogens with one attached hydrogen (secondary N) is 1. The van der Waals surface area contributed by atoms with Gasteiger partial charge in [-0.3, -0.25) is 4.79 Å². The molecule has 0 spiro atoms. The number of nitrogens with zero attached hydrogens (tertiary/aromatic N) is 1. The molecule has 6 nitrogen and oxygen atoms in total. The Hall–Kier alpha value is -1.44. The van der Waals surface area contributed by atoms with Gasteiger partial charge in [0.2, 0.25) is 15.9 Å². The third-order valence-corrected chi connectivity index (χ3v) is 4.62. The lowest BCUT2D eigenvalue weighted by atomic mass is 9.87. The molecule has 0 unspecified atom stereocenters. The van der Waals surface area contributed by atoms with Crippen LogP contribution in [0.1, 0.15) is 26.3 Å². The Kier molecular flexibility index (Phi) is 6.73. The van der Waals surface area contributed by atoms with Gasteiger partial charge in [0, 0.05) is 19.3 Å². The van der Waals surface area contributed by atoms with Crippen LogP contribution in [0.3, 0.4) is 0 Å². The van der Waals surface area contributed by atoms with Crippen LogP contribution in [0.25, 0.3) is 0 Å². The van der Waals surface area contributed by atoms with Gasteiger partial charge in [-0.1, -0.05) is 32.9 Å². The number of carbonyl (C=O) groups excluding carboxylic acids is 1. The van der Waals surface area contributed by atoms with Crippen molar-refractivity contribution in [2.24, 2.45) is 0 Å². The molecule has 0 atom stereocenters. The Balaban J connectivity index is 2.71. The van der Waals surface area contributed by atoms with Crippen molar-refractivity contribution >= 4 is 21.6 Å². The molecule has 1 aromatic carbocycles. The van der Waals surface area contributed by atoms with Gasteiger partial charge in [0.15, 0.2) is 0 Å². The molecule has 0 bridgehead atoms. The Morgan fingerprint density at radius 2 is 1.78 bits per heavy atom. The minimum absolute atomic E-state index is 0.0375. The molecule has 1 rings (SSSR count). The molecule has 23 heavy (non-hydrogen) atoms. The fourth-order valence-electron chi connectivity index (χ4n) is 1.97. The van der Waals surface area contributed by atoms with Gasteiger partial charge < -0.3 is 10.1 Å². The van der Waals surface area contributed by atoms with Crippen LogP contribution in [-0.4, -0.2) is 51.7 Å². The highest BCUT2D eigenvalue weighted by molar-refractivity contribution is 7.88. The largest absolute Gasteiger partial charge is 0.383 e. The van der Waals surface area contributed by atoms with Crippen molar-refractivity contribution in [1.82, 2.24) is 4.31 Å². The van der Waals surface area contributed by atoms with Crippen LogP contribution in [-0.2, 0) is 25.0 Å². The fraction of sp³-hybridized carbons (Fsp3) is 0.562. The summed E-state index contributed by atoms with van der Waals surface area (Å²) in [4.78, 5) is 12.1. The number of benzene rings is 1. The molecule has 0 aliphatic rings. The van der Waals surface area contributed by atoms with E-state index in [0.29, 0.717) is 5.69 Å². The Labute approximate surface area is 138 Å². The second-order valence-corrected chi connectivity index (χ2v) is 8.45. The lowest BCUT2D eigenvalue weighted by Crippen LogP contribution is -2.39. The van der Waals surface area contributed by atoms with Crippen LogP contribution in [0.2, 0.25) is 0 Å². The highest BCUT2D eigenvalue weighted by Crippen LogP contribution is 2.23. The van der Waals surface area contributed by atoms with Gasteiger partial charge in [-0.05, 0) is 23.1 Å². The van der Waals surface area contributed by atoms with Crippen molar-refractivity contribution in [3.63, 3.8) is 0 Å². The van der Waals surface area contributed by atoms with E-state index in [1.165, 1.54) is 7.11 Å². The quantitative estimate of drug-likeness (QED) is 0.820. The first kappa shape index (κ1) is 19.6. The lowest BCUT2D eigenvalue weighted by molar-refractivity contribution is -0.116. The maximum atomic E-state index is 12.1. The second kappa shape index (κ2) is 7.90. The van der Waals surface area contributed by atoms with E-state index < -0.39 is 10.0 Å². The minimum Gasteiger partial charge on any atom is -0.383 e. The SMILES string of the molecule is COCCN(CC(=O)Nc1ccc(C(C)(C)C)cc1)S(C)(=O)=O. The summed E-state index contributed by atoms with van der Waals surface area (Å²) in [5, 5.41) is 2.71. The molecule has 0 saturated carbocycles.